The summed E-state index contributed by atoms with van der Waals surface area (Å²) in [6.07, 6.45) is 20.9. The third kappa shape index (κ3) is 6.44. The summed E-state index contributed by atoms with van der Waals surface area (Å²) in [4.78, 5) is 0. The predicted molar refractivity (Wildman–Crippen MR) is 96.1 cm³/mol. The number of methoxy groups -OCH3 is 1. The van der Waals surface area contributed by atoms with Crippen molar-refractivity contribution in [1.82, 2.24) is 0 Å². The first-order valence-electron chi connectivity index (χ1n) is 9.91. The standard InChI is InChI=1S/C21H38O/c1-3-4-5-6-18-7-9-19(10-8-18)11-12-20-13-15-21(16-14-20)17-22-2/h3,18-21H,1,4-17H2,2H3/t18-,19-,20?,21?. The zero-order valence-electron chi connectivity index (χ0n) is 14.9. The smallest absolute Gasteiger partial charge is 0.0490 e. The summed E-state index contributed by atoms with van der Waals surface area (Å²) in [7, 11) is 1.85. The molecule has 0 N–H and O–H groups in total. The predicted octanol–water partition coefficient (Wildman–Crippen LogP) is 6.38. The van der Waals surface area contributed by atoms with Crippen LogP contribution in [0.3, 0.4) is 0 Å². The molecule has 0 spiro atoms. The van der Waals surface area contributed by atoms with Gasteiger partial charge in [-0.2, -0.15) is 0 Å². The van der Waals surface area contributed by atoms with Gasteiger partial charge < -0.3 is 4.74 Å². The fourth-order valence-corrected chi connectivity index (χ4v) is 4.75. The van der Waals surface area contributed by atoms with Gasteiger partial charge in [0.15, 0.2) is 0 Å². The summed E-state index contributed by atoms with van der Waals surface area (Å²) in [5.41, 5.74) is 0. The number of ether oxygens (including phenoxy) is 1. The van der Waals surface area contributed by atoms with Crippen LogP contribution >= 0.6 is 0 Å². The van der Waals surface area contributed by atoms with Crippen LogP contribution in [0.2, 0.25) is 0 Å². The quantitative estimate of drug-likeness (QED) is 0.354. The second-order valence-corrected chi connectivity index (χ2v) is 8.03. The first kappa shape index (κ1) is 18.0. The molecule has 2 rings (SSSR count). The van der Waals surface area contributed by atoms with E-state index in [-0.39, 0.29) is 0 Å². The van der Waals surface area contributed by atoms with E-state index in [2.05, 4.69) is 12.7 Å². The number of rotatable bonds is 9. The molecule has 0 radical (unpaired) electrons. The Kier molecular flexibility index (Phi) is 8.59. The fourth-order valence-electron chi connectivity index (χ4n) is 4.75. The number of hydrogen-bond donors (Lipinski definition) is 0. The lowest BCUT2D eigenvalue weighted by molar-refractivity contribution is 0.115. The van der Waals surface area contributed by atoms with Gasteiger partial charge in [0.05, 0.1) is 0 Å². The van der Waals surface area contributed by atoms with Gasteiger partial charge >= 0.3 is 0 Å². The Morgan fingerprint density at radius 2 is 1.23 bits per heavy atom. The van der Waals surface area contributed by atoms with Crippen molar-refractivity contribution in [3.63, 3.8) is 0 Å². The number of allylic oxidation sites excluding steroid dienone is 1. The van der Waals surface area contributed by atoms with Crippen LogP contribution in [-0.2, 0) is 4.74 Å². The van der Waals surface area contributed by atoms with Gasteiger partial charge in [-0.3, -0.25) is 0 Å². The summed E-state index contributed by atoms with van der Waals surface area (Å²) in [5.74, 6) is 3.96. The molecule has 0 amide bonds. The van der Waals surface area contributed by atoms with E-state index >= 15 is 0 Å². The lowest BCUT2D eigenvalue weighted by Gasteiger charge is -2.32. The van der Waals surface area contributed by atoms with Crippen LogP contribution in [0.5, 0.6) is 0 Å². The molecule has 0 heterocycles. The van der Waals surface area contributed by atoms with E-state index < -0.39 is 0 Å². The molecule has 0 aromatic carbocycles. The summed E-state index contributed by atoms with van der Waals surface area (Å²) in [6.45, 7) is 4.82. The minimum atomic E-state index is 0.854. The van der Waals surface area contributed by atoms with E-state index in [0.717, 1.165) is 30.3 Å². The van der Waals surface area contributed by atoms with Gasteiger partial charge in [-0.15, -0.1) is 6.58 Å². The maximum Gasteiger partial charge on any atom is 0.0490 e. The Balaban J connectivity index is 1.53. The summed E-state index contributed by atoms with van der Waals surface area (Å²) >= 11 is 0. The molecule has 2 saturated carbocycles. The van der Waals surface area contributed by atoms with Gasteiger partial charge in [-0.05, 0) is 49.4 Å². The van der Waals surface area contributed by atoms with Crippen LogP contribution in [0.15, 0.2) is 12.7 Å². The topological polar surface area (TPSA) is 9.23 Å². The molecule has 0 aromatic heterocycles. The number of hydrogen-bond acceptors (Lipinski definition) is 1. The molecule has 2 aliphatic rings. The van der Waals surface area contributed by atoms with Crippen LogP contribution in [0.1, 0.15) is 83.5 Å². The zero-order chi connectivity index (χ0) is 15.6. The van der Waals surface area contributed by atoms with Gasteiger partial charge in [0, 0.05) is 13.7 Å². The Labute approximate surface area is 138 Å². The van der Waals surface area contributed by atoms with Crippen molar-refractivity contribution < 1.29 is 4.74 Å². The first-order chi connectivity index (χ1) is 10.8. The van der Waals surface area contributed by atoms with Gasteiger partial charge in [-0.1, -0.05) is 63.9 Å². The second-order valence-electron chi connectivity index (χ2n) is 8.03. The summed E-state index contributed by atoms with van der Waals surface area (Å²) < 4.78 is 5.31. The highest BCUT2D eigenvalue weighted by Crippen LogP contribution is 2.37. The molecule has 1 heteroatoms. The molecule has 0 aromatic rings. The third-order valence-corrected chi connectivity index (χ3v) is 6.34. The van der Waals surface area contributed by atoms with E-state index in [9.17, 15) is 0 Å². The molecule has 0 atom stereocenters. The molecule has 22 heavy (non-hydrogen) atoms. The molecular formula is C21H38O. The van der Waals surface area contributed by atoms with Crippen molar-refractivity contribution in [3.8, 4) is 0 Å². The fraction of sp³-hybridized carbons (Fsp3) is 0.905. The highest BCUT2D eigenvalue weighted by atomic mass is 16.5. The van der Waals surface area contributed by atoms with E-state index in [1.54, 1.807) is 0 Å². The maximum absolute atomic E-state index is 5.31. The molecule has 1 nitrogen and oxygen atoms in total. The van der Waals surface area contributed by atoms with E-state index in [1.165, 1.54) is 83.5 Å². The highest BCUT2D eigenvalue weighted by Gasteiger charge is 2.24. The Morgan fingerprint density at radius 3 is 1.68 bits per heavy atom. The van der Waals surface area contributed by atoms with Crippen molar-refractivity contribution in [1.29, 1.82) is 0 Å². The van der Waals surface area contributed by atoms with Crippen molar-refractivity contribution in [3.05, 3.63) is 12.7 Å². The van der Waals surface area contributed by atoms with Crippen LogP contribution < -0.4 is 0 Å². The van der Waals surface area contributed by atoms with Crippen molar-refractivity contribution in [2.45, 2.75) is 83.5 Å². The van der Waals surface area contributed by atoms with Crippen LogP contribution in [0, 0.1) is 23.7 Å². The van der Waals surface area contributed by atoms with Gasteiger partial charge in [0.2, 0.25) is 0 Å². The van der Waals surface area contributed by atoms with Crippen molar-refractivity contribution in [2.24, 2.45) is 23.7 Å². The molecule has 0 unspecified atom stereocenters. The monoisotopic (exact) mass is 306 g/mol. The van der Waals surface area contributed by atoms with Crippen molar-refractivity contribution in [2.75, 3.05) is 13.7 Å². The molecule has 0 saturated heterocycles. The molecule has 2 aliphatic carbocycles. The lowest BCUT2D eigenvalue weighted by Crippen LogP contribution is -2.20. The Hall–Kier alpha value is -0.300. The normalized spacial score (nSPS) is 32.8. The molecule has 0 bridgehead atoms. The summed E-state index contributed by atoms with van der Waals surface area (Å²) in [6, 6.07) is 0. The summed E-state index contributed by atoms with van der Waals surface area (Å²) in [5, 5.41) is 0. The Morgan fingerprint density at radius 1 is 0.773 bits per heavy atom. The van der Waals surface area contributed by atoms with Crippen LogP contribution in [-0.4, -0.2) is 13.7 Å². The van der Waals surface area contributed by atoms with E-state index in [4.69, 9.17) is 4.74 Å². The minimum Gasteiger partial charge on any atom is -0.384 e. The van der Waals surface area contributed by atoms with E-state index in [0.29, 0.717) is 0 Å². The van der Waals surface area contributed by atoms with Crippen molar-refractivity contribution >= 4 is 0 Å². The van der Waals surface area contributed by atoms with Gasteiger partial charge in [-0.25, -0.2) is 0 Å². The molecule has 0 aliphatic heterocycles. The maximum atomic E-state index is 5.31. The van der Waals surface area contributed by atoms with E-state index in [1.807, 2.05) is 7.11 Å². The molecular weight excluding hydrogens is 268 g/mol. The average Bonchev–Trinajstić information content (AvgIpc) is 2.56. The molecule has 128 valence electrons. The minimum absolute atomic E-state index is 0.854. The highest BCUT2D eigenvalue weighted by molar-refractivity contribution is 4.77. The number of unbranched alkanes of at least 4 members (excludes halogenated alkanes) is 1. The SMILES string of the molecule is C=CCCC[C@H]1CC[C@H](CCC2CCC(COC)CC2)CC1. The first-order valence-corrected chi connectivity index (χ1v) is 9.91. The second kappa shape index (κ2) is 10.5. The molecule has 2 fully saturated rings. The average molecular weight is 307 g/mol. The van der Waals surface area contributed by atoms with Gasteiger partial charge in [0.25, 0.3) is 0 Å². The lowest BCUT2D eigenvalue weighted by atomic mass is 9.75. The zero-order valence-corrected chi connectivity index (χ0v) is 14.9. The van der Waals surface area contributed by atoms with Gasteiger partial charge in [0.1, 0.15) is 0 Å². The largest absolute Gasteiger partial charge is 0.384 e. The Bertz CT molecular complexity index is 282. The van der Waals surface area contributed by atoms with Crippen LogP contribution in [0.4, 0.5) is 0 Å². The van der Waals surface area contributed by atoms with Crippen LogP contribution in [0.25, 0.3) is 0 Å². The third-order valence-electron chi connectivity index (χ3n) is 6.34.